The van der Waals surface area contributed by atoms with Gasteiger partial charge in [0, 0.05) is 12.2 Å². The Morgan fingerprint density at radius 2 is 0.917 bits per heavy atom. The number of carbonyl (C=O) groups excluding carboxylic acids is 2. The van der Waals surface area contributed by atoms with Crippen molar-refractivity contribution < 1.29 is 28.5 Å². The van der Waals surface area contributed by atoms with Crippen molar-refractivity contribution in [2.45, 2.75) is 0 Å². The fourth-order valence-electron chi connectivity index (χ4n) is 1.72. The highest BCUT2D eigenvalue weighted by molar-refractivity contribution is 5.93. The Kier molecular flexibility index (Phi) is 5.96. The zero-order valence-corrected chi connectivity index (χ0v) is 13.2. The van der Waals surface area contributed by atoms with Crippen molar-refractivity contribution in [3.05, 3.63) is 60.7 Å². The van der Waals surface area contributed by atoms with E-state index >= 15 is 0 Å². The largest absolute Gasteiger partial charge is 0.497 e. The average Bonchev–Trinajstić information content (AvgIpc) is 2.61. The van der Waals surface area contributed by atoms with Crippen molar-refractivity contribution in [2.24, 2.45) is 0 Å². The SMILES string of the molecule is COc1ccc(OC(=O)/C=C/C(=O)Oc2ccc(OC)cc2)cc1. The summed E-state index contributed by atoms with van der Waals surface area (Å²) in [6, 6.07) is 13.0. The second-order valence-corrected chi connectivity index (χ2v) is 4.53. The number of ether oxygens (including phenoxy) is 4. The number of methoxy groups -OCH3 is 2. The minimum atomic E-state index is -0.688. The van der Waals surface area contributed by atoms with Gasteiger partial charge in [0.15, 0.2) is 0 Å². The first kappa shape index (κ1) is 17.1. The van der Waals surface area contributed by atoms with Gasteiger partial charge >= 0.3 is 11.9 Å². The summed E-state index contributed by atoms with van der Waals surface area (Å²) in [5.41, 5.74) is 0. The molecule has 0 aliphatic carbocycles. The first-order valence-electron chi connectivity index (χ1n) is 7.00. The number of esters is 2. The maximum Gasteiger partial charge on any atom is 0.336 e. The maximum atomic E-state index is 11.6. The molecule has 0 fully saturated rings. The van der Waals surface area contributed by atoms with Gasteiger partial charge < -0.3 is 18.9 Å². The van der Waals surface area contributed by atoms with E-state index in [0.717, 1.165) is 12.2 Å². The molecule has 0 aliphatic heterocycles. The van der Waals surface area contributed by atoms with Crippen LogP contribution < -0.4 is 18.9 Å². The fourth-order valence-corrected chi connectivity index (χ4v) is 1.72. The normalized spacial score (nSPS) is 10.2. The van der Waals surface area contributed by atoms with E-state index < -0.39 is 11.9 Å². The Labute approximate surface area is 139 Å². The highest BCUT2D eigenvalue weighted by atomic mass is 16.5. The van der Waals surface area contributed by atoms with Crippen LogP contribution in [0.2, 0.25) is 0 Å². The molecule has 0 saturated heterocycles. The van der Waals surface area contributed by atoms with Crippen LogP contribution in [0.25, 0.3) is 0 Å². The van der Waals surface area contributed by atoms with E-state index in [1.807, 2.05) is 0 Å². The molecule has 6 heteroatoms. The number of hydrogen-bond donors (Lipinski definition) is 0. The summed E-state index contributed by atoms with van der Waals surface area (Å²) in [6.45, 7) is 0. The number of rotatable bonds is 6. The molecule has 0 unspecified atom stereocenters. The van der Waals surface area contributed by atoms with Gasteiger partial charge in [0.2, 0.25) is 0 Å². The van der Waals surface area contributed by atoms with E-state index in [0.29, 0.717) is 23.0 Å². The van der Waals surface area contributed by atoms with E-state index in [-0.39, 0.29) is 0 Å². The molecule has 2 aromatic carbocycles. The summed E-state index contributed by atoms with van der Waals surface area (Å²) < 4.78 is 20.1. The van der Waals surface area contributed by atoms with Gasteiger partial charge in [-0.15, -0.1) is 0 Å². The Morgan fingerprint density at radius 3 is 1.21 bits per heavy atom. The molecule has 124 valence electrons. The highest BCUT2D eigenvalue weighted by Crippen LogP contribution is 2.18. The average molecular weight is 328 g/mol. The smallest absolute Gasteiger partial charge is 0.336 e. The summed E-state index contributed by atoms with van der Waals surface area (Å²) in [5.74, 6) is 0.600. The van der Waals surface area contributed by atoms with Gasteiger partial charge in [-0.1, -0.05) is 0 Å². The zero-order valence-electron chi connectivity index (χ0n) is 13.2. The summed E-state index contributed by atoms with van der Waals surface area (Å²) in [4.78, 5) is 23.3. The maximum absolute atomic E-state index is 11.6. The van der Waals surface area contributed by atoms with Crippen molar-refractivity contribution in [2.75, 3.05) is 14.2 Å². The predicted octanol–water partition coefficient (Wildman–Crippen LogP) is 2.77. The third kappa shape index (κ3) is 5.17. The van der Waals surface area contributed by atoms with E-state index in [9.17, 15) is 9.59 Å². The van der Waals surface area contributed by atoms with Crippen LogP contribution >= 0.6 is 0 Å². The summed E-state index contributed by atoms with van der Waals surface area (Å²) in [5, 5.41) is 0. The first-order chi connectivity index (χ1) is 11.6. The quantitative estimate of drug-likeness (QED) is 0.461. The molecule has 0 spiro atoms. The molecule has 0 atom stereocenters. The van der Waals surface area contributed by atoms with E-state index in [4.69, 9.17) is 18.9 Å². The Balaban J connectivity index is 1.86. The van der Waals surface area contributed by atoms with Crippen LogP contribution in [-0.2, 0) is 9.59 Å². The number of hydrogen-bond acceptors (Lipinski definition) is 6. The summed E-state index contributed by atoms with van der Waals surface area (Å²) in [7, 11) is 3.08. The lowest BCUT2D eigenvalue weighted by Crippen LogP contribution is -2.08. The predicted molar refractivity (Wildman–Crippen MR) is 86.4 cm³/mol. The molecule has 0 amide bonds. The lowest BCUT2D eigenvalue weighted by molar-refractivity contribution is -0.131. The molecular formula is C18H16O6. The highest BCUT2D eigenvalue weighted by Gasteiger charge is 2.05. The van der Waals surface area contributed by atoms with Crippen molar-refractivity contribution in [3.8, 4) is 23.0 Å². The molecule has 0 N–H and O–H groups in total. The van der Waals surface area contributed by atoms with Crippen molar-refractivity contribution in [1.29, 1.82) is 0 Å². The van der Waals surface area contributed by atoms with Crippen molar-refractivity contribution in [1.82, 2.24) is 0 Å². The molecule has 0 bridgehead atoms. The molecule has 2 rings (SSSR count). The van der Waals surface area contributed by atoms with Crippen LogP contribution in [0.5, 0.6) is 23.0 Å². The summed E-state index contributed by atoms with van der Waals surface area (Å²) >= 11 is 0. The first-order valence-corrected chi connectivity index (χ1v) is 7.00. The topological polar surface area (TPSA) is 71.1 Å². The van der Waals surface area contributed by atoms with Crippen LogP contribution in [0.4, 0.5) is 0 Å². The van der Waals surface area contributed by atoms with Crippen LogP contribution in [0.3, 0.4) is 0 Å². The Bertz CT molecular complexity index is 653. The number of carbonyl (C=O) groups is 2. The molecule has 24 heavy (non-hydrogen) atoms. The van der Waals surface area contributed by atoms with E-state index in [2.05, 4.69) is 0 Å². The van der Waals surface area contributed by atoms with Gasteiger partial charge in [-0.05, 0) is 48.5 Å². The summed E-state index contributed by atoms with van der Waals surface area (Å²) in [6.07, 6.45) is 1.99. The molecule has 0 aromatic heterocycles. The third-order valence-electron chi connectivity index (χ3n) is 2.91. The molecular weight excluding hydrogens is 312 g/mol. The van der Waals surface area contributed by atoms with Crippen molar-refractivity contribution >= 4 is 11.9 Å². The molecule has 0 radical (unpaired) electrons. The monoisotopic (exact) mass is 328 g/mol. The van der Waals surface area contributed by atoms with Gasteiger partial charge in [0.05, 0.1) is 14.2 Å². The minimum Gasteiger partial charge on any atom is -0.497 e. The Hall–Kier alpha value is -3.28. The molecule has 0 saturated carbocycles. The van der Waals surface area contributed by atoms with Crippen LogP contribution in [0.15, 0.2) is 60.7 Å². The fraction of sp³-hybridized carbons (Fsp3) is 0.111. The second-order valence-electron chi connectivity index (χ2n) is 4.53. The van der Waals surface area contributed by atoms with Crippen molar-refractivity contribution in [3.63, 3.8) is 0 Å². The lowest BCUT2D eigenvalue weighted by Gasteiger charge is -2.04. The minimum absolute atomic E-state index is 0.342. The van der Waals surface area contributed by atoms with Gasteiger partial charge in [-0.2, -0.15) is 0 Å². The third-order valence-corrected chi connectivity index (χ3v) is 2.91. The molecule has 0 heterocycles. The molecule has 2 aromatic rings. The van der Waals surface area contributed by atoms with Gasteiger partial charge in [0.1, 0.15) is 23.0 Å². The Morgan fingerprint density at radius 1 is 0.625 bits per heavy atom. The molecule has 0 aliphatic rings. The van der Waals surface area contributed by atoms with E-state index in [1.165, 1.54) is 14.2 Å². The van der Waals surface area contributed by atoms with Gasteiger partial charge in [-0.25, -0.2) is 9.59 Å². The van der Waals surface area contributed by atoms with Gasteiger partial charge in [-0.3, -0.25) is 0 Å². The van der Waals surface area contributed by atoms with E-state index in [1.54, 1.807) is 48.5 Å². The van der Waals surface area contributed by atoms with Crippen LogP contribution in [0, 0.1) is 0 Å². The molecule has 6 nitrogen and oxygen atoms in total. The van der Waals surface area contributed by atoms with Crippen LogP contribution in [0.1, 0.15) is 0 Å². The number of benzene rings is 2. The second kappa shape index (κ2) is 8.38. The van der Waals surface area contributed by atoms with Gasteiger partial charge in [0.25, 0.3) is 0 Å². The standard InChI is InChI=1S/C18H16O6/c1-21-13-3-7-15(8-4-13)23-17(19)11-12-18(20)24-16-9-5-14(22-2)6-10-16/h3-12H,1-2H3/b12-11+. The van der Waals surface area contributed by atoms with Crippen LogP contribution in [-0.4, -0.2) is 26.2 Å². The lowest BCUT2D eigenvalue weighted by atomic mass is 10.3. The zero-order chi connectivity index (χ0) is 17.4.